The van der Waals surface area contributed by atoms with Crippen molar-refractivity contribution in [1.29, 1.82) is 0 Å². The Morgan fingerprint density at radius 3 is 1.55 bits per heavy atom. The quantitative estimate of drug-likeness (QED) is 0.193. The van der Waals surface area contributed by atoms with Crippen LogP contribution in [0.5, 0.6) is 11.5 Å². The van der Waals surface area contributed by atoms with Gasteiger partial charge < -0.3 is 18.9 Å². The molecule has 0 N–H and O–H groups in total. The van der Waals surface area contributed by atoms with Gasteiger partial charge in [0.1, 0.15) is 10.6 Å². The number of hydrogen-bond acceptors (Lipinski definition) is 10. The van der Waals surface area contributed by atoms with Crippen LogP contribution in [0.4, 0.5) is 26.3 Å². The second kappa shape index (κ2) is 9.67. The Balaban J connectivity index is 0. The number of ether oxygens (including phenoxy) is 1. The Hall–Kier alpha value is -1.30. The van der Waals surface area contributed by atoms with E-state index >= 15 is 0 Å². The summed E-state index contributed by atoms with van der Waals surface area (Å²) in [6, 6.07) is 3.74. The van der Waals surface area contributed by atoms with Gasteiger partial charge in [-0.15, -0.1) is 5.75 Å². The number of benzene rings is 1. The van der Waals surface area contributed by atoms with Gasteiger partial charge >= 0.3 is 28.4 Å². The van der Waals surface area contributed by atoms with Crippen LogP contribution in [0.2, 0.25) is 0 Å². The van der Waals surface area contributed by atoms with Gasteiger partial charge in [0.25, 0.3) is 0 Å². The summed E-state index contributed by atoms with van der Waals surface area (Å²) in [7, 11) is -15.5. The largest absolute Gasteiger partial charge is 3.00 e. The van der Waals surface area contributed by atoms with Gasteiger partial charge in [-0.05, 0) is 12.1 Å². The third-order valence-corrected chi connectivity index (χ3v) is 4.74. The summed E-state index contributed by atoms with van der Waals surface area (Å²) in [5.41, 5.74) is -11.3. The minimum atomic E-state index is -6.09. The van der Waals surface area contributed by atoms with Crippen LogP contribution >= 0.6 is 0 Å². The average Bonchev–Trinajstić information content (AvgIpc) is 2.71. The normalized spacial score (nSPS) is 15.3. The number of alkyl halides is 6. The van der Waals surface area contributed by atoms with Gasteiger partial charge in [-0.2, -0.15) is 26.3 Å². The minimum Gasteiger partial charge on any atom is -0.872 e. The van der Waals surface area contributed by atoms with Gasteiger partial charge in [0.05, 0.1) is 0 Å². The monoisotopic (exact) mass is 510 g/mol. The summed E-state index contributed by atoms with van der Waals surface area (Å²) in [6.07, 6.45) is 0. The maximum absolute atomic E-state index is 11.1. The predicted molar refractivity (Wildman–Crippen MR) is 75.8 cm³/mol. The van der Waals surface area contributed by atoms with E-state index in [9.17, 15) is 39.9 Å². The summed E-state index contributed by atoms with van der Waals surface area (Å²) < 4.78 is 145. The van der Waals surface area contributed by atoms with Crippen molar-refractivity contribution in [1.82, 2.24) is 0 Å². The van der Waals surface area contributed by atoms with E-state index in [1.165, 1.54) is 12.1 Å². The Kier molecular flexibility index (Phi) is 9.97. The first-order valence-corrected chi connectivity index (χ1v) is 10.3. The van der Waals surface area contributed by atoms with E-state index in [-0.39, 0.29) is 39.7 Å². The molecule has 0 bridgehead atoms. The number of sulfone groups is 1. The smallest absolute Gasteiger partial charge is 0.872 e. The molecule has 1 aromatic carbocycles. The van der Waals surface area contributed by atoms with Crippen molar-refractivity contribution in [2.45, 2.75) is 15.9 Å². The molecule has 1 heterocycles. The van der Waals surface area contributed by atoms with Crippen LogP contribution in [0.25, 0.3) is 0 Å². The van der Waals surface area contributed by atoms with E-state index in [2.05, 4.69) is 0 Å². The number of fused-ring (bicyclic) bond motifs is 1. The Bertz CT molecular complexity index is 972. The Morgan fingerprint density at radius 1 is 0.897 bits per heavy atom. The molecule has 0 saturated carbocycles. The molecule has 1 aliphatic heterocycles. The van der Waals surface area contributed by atoms with E-state index < -0.39 is 41.1 Å². The van der Waals surface area contributed by atoms with E-state index in [1.807, 2.05) is 0 Å². The first-order chi connectivity index (χ1) is 12.1. The number of hydrogen-bond donors (Lipinski definition) is 0. The van der Waals surface area contributed by atoms with Crippen molar-refractivity contribution < 1.29 is 70.5 Å². The van der Waals surface area contributed by atoms with Crippen LogP contribution in [0, 0.1) is 0 Å². The second-order valence-electron chi connectivity index (χ2n) is 4.29. The Morgan fingerprint density at radius 2 is 1.24 bits per heavy atom. The van der Waals surface area contributed by atoms with Crippen molar-refractivity contribution in [2.24, 2.45) is 0 Å². The zero-order valence-corrected chi connectivity index (χ0v) is 16.7. The minimum absolute atomic E-state index is 0. The maximum atomic E-state index is 11.1. The standard InChI is InChI=1S/C7H6O4S.2CHF3O3S.Al/c8-5-1-2-6-7(3-5)12(9,10)4-11-6;2*2-1(3,4)8(5,6)7;/h1-3,8H,4H2;2*(H,5,6,7);/q;;;+3/p-3. The molecule has 1 aliphatic rings. The van der Waals surface area contributed by atoms with Gasteiger partial charge in [0, 0.05) is 0 Å². The molecule has 164 valence electrons. The molecule has 2 rings (SSSR count). The molecule has 0 atom stereocenters. The fourth-order valence-electron chi connectivity index (χ4n) is 1.06. The molecule has 0 saturated heterocycles. The van der Waals surface area contributed by atoms with Crippen LogP contribution in [0.3, 0.4) is 0 Å². The molecular formula is C9H5AlF6O10S3. The second-order valence-corrected chi connectivity index (χ2v) is 8.93. The van der Waals surface area contributed by atoms with Crippen molar-refractivity contribution in [3.8, 4) is 11.5 Å². The molecule has 1 aromatic rings. The summed E-state index contributed by atoms with van der Waals surface area (Å²) >= 11 is 0. The van der Waals surface area contributed by atoms with Crippen molar-refractivity contribution >= 4 is 47.4 Å². The SMILES string of the molecule is O=S(=O)([O-])C(F)(F)F.O=S(=O)([O-])C(F)(F)F.O=S1(=O)COc2ccc([O-])cc21.[Al+3]. The summed E-state index contributed by atoms with van der Waals surface area (Å²) in [5, 5.41) is 10.8. The molecule has 0 amide bonds. The summed E-state index contributed by atoms with van der Waals surface area (Å²) in [5.74, 6) is -0.399. The molecule has 29 heavy (non-hydrogen) atoms. The number of rotatable bonds is 0. The van der Waals surface area contributed by atoms with Crippen LogP contribution in [0.15, 0.2) is 23.1 Å². The van der Waals surface area contributed by atoms with Gasteiger partial charge in [0.2, 0.25) is 9.84 Å². The molecule has 0 spiro atoms. The van der Waals surface area contributed by atoms with Crippen molar-refractivity contribution in [3.63, 3.8) is 0 Å². The van der Waals surface area contributed by atoms with Crippen LogP contribution in [0.1, 0.15) is 0 Å². The van der Waals surface area contributed by atoms with Crippen LogP contribution < -0.4 is 9.84 Å². The van der Waals surface area contributed by atoms with Crippen molar-refractivity contribution in [3.05, 3.63) is 18.2 Å². The predicted octanol–water partition coefficient (Wildman–Crippen LogP) is -0.394. The third kappa shape index (κ3) is 9.37. The third-order valence-electron chi connectivity index (χ3n) is 2.19. The van der Waals surface area contributed by atoms with Crippen molar-refractivity contribution in [2.75, 3.05) is 5.94 Å². The fraction of sp³-hybridized carbons (Fsp3) is 0.333. The molecule has 0 fully saturated rings. The Labute approximate surface area is 169 Å². The maximum Gasteiger partial charge on any atom is 3.00 e. The van der Waals surface area contributed by atoms with Gasteiger partial charge in [0.15, 0.2) is 26.2 Å². The van der Waals surface area contributed by atoms with Crippen LogP contribution in [-0.2, 0) is 30.1 Å². The topological polar surface area (TPSA) is 181 Å². The first-order valence-electron chi connectivity index (χ1n) is 5.80. The first kappa shape index (κ1) is 29.9. The van der Waals surface area contributed by atoms with Gasteiger partial charge in [-0.25, -0.2) is 25.3 Å². The molecule has 0 aromatic heterocycles. The van der Waals surface area contributed by atoms with Gasteiger partial charge in [-0.1, -0.05) is 6.07 Å². The molecule has 0 radical (unpaired) electrons. The molecule has 0 unspecified atom stereocenters. The molecule has 20 heteroatoms. The van der Waals surface area contributed by atoms with Gasteiger partial charge in [-0.3, -0.25) is 0 Å². The van der Waals surface area contributed by atoms with E-state index in [1.54, 1.807) is 0 Å². The van der Waals surface area contributed by atoms with E-state index in [4.69, 9.17) is 30.7 Å². The summed E-state index contributed by atoms with van der Waals surface area (Å²) in [4.78, 5) is 0.00926. The average molecular weight is 510 g/mol. The molecule has 10 nitrogen and oxygen atoms in total. The van der Waals surface area contributed by atoms with E-state index in [0.29, 0.717) is 0 Å². The van der Waals surface area contributed by atoms with E-state index in [0.717, 1.165) is 6.07 Å². The molecule has 0 aliphatic carbocycles. The molecular weight excluding hydrogens is 505 g/mol. The number of halogens is 6. The zero-order chi connectivity index (χ0) is 22.8. The van der Waals surface area contributed by atoms with Crippen LogP contribution in [-0.4, -0.2) is 68.7 Å². The summed E-state index contributed by atoms with van der Waals surface area (Å²) in [6.45, 7) is 0. The fourth-order valence-corrected chi connectivity index (χ4v) is 2.19. The zero-order valence-electron chi connectivity index (χ0n) is 13.1.